The first-order valence-electron chi connectivity index (χ1n) is 9.70. The summed E-state index contributed by atoms with van der Waals surface area (Å²) in [6.45, 7) is 4.15. The predicted molar refractivity (Wildman–Crippen MR) is 113 cm³/mol. The second-order valence-corrected chi connectivity index (χ2v) is 8.36. The molecule has 0 saturated carbocycles. The van der Waals surface area contributed by atoms with Crippen molar-refractivity contribution in [1.29, 1.82) is 0 Å². The molecule has 1 N–H and O–H groups in total. The van der Waals surface area contributed by atoms with Gasteiger partial charge in [0.1, 0.15) is 17.3 Å². The van der Waals surface area contributed by atoms with E-state index in [1.165, 1.54) is 0 Å². The second-order valence-electron chi connectivity index (χ2n) is 7.41. The molecule has 0 unspecified atom stereocenters. The van der Waals surface area contributed by atoms with Crippen LogP contribution in [0.5, 0.6) is 0 Å². The Morgan fingerprint density at radius 2 is 2.07 bits per heavy atom. The summed E-state index contributed by atoms with van der Waals surface area (Å²) in [5.41, 5.74) is 1.47. The monoisotopic (exact) mass is 433 g/mol. The van der Waals surface area contributed by atoms with E-state index in [-0.39, 0.29) is 18.3 Å². The Hall–Kier alpha value is -2.23. The number of nitrogens with one attached hydrogen (secondary N) is 1. The van der Waals surface area contributed by atoms with Gasteiger partial charge in [-0.05, 0) is 24.3 Å². The molecule has 0 aromatic carbocycles. The number of hydrogen-bond acceptors (Lipinski definition) is 6. The van der Waals surface area contributed by atoms with Crippen molar-refractivity contribution >= 4 is 29.7 Å². The summed E-state index contributed by atoms with van der Waals surface area (Å²) in [5.74, 6) is 2.55. The fraction of sp³-hybridized carbons (Fsp3) is 0.474. The molecule has 3 aromatic heterocycles. The van der Waals surface area contributed by atoms with Gasteiger partial charge in [0.05, 0.1) is 17.0 Å². The zero-order valence-electron chi connectivity index (χ0n) is 16.2. The predicted octanol–water partition coefficient (Wildman–Crippen LogP) is 2.28. The molecule has 0 radical (unpaired) electrons. The number of carbonyl (C=O) groups excluding carboxylic acids is 1. The molecule has 1 fully saturated rings. The number of nitrogens with zero attached hydrogens (tertiary/aromatic N) is 6. The van der Waals surface area contributed by atoms with Crippen LogP contribution < -0.4 is 5.32 Å². The molecule has 1 amide bonds. The maximum atomic E-state index is 13.2. The van der Waals surface area contributed by atoms with Gasteiger partial charge in [0.2, 0.25) is 0 Å². The van der Waals surface area contributed by atoms with E-state index in [1.807, 2.05) is 35.7 Å². The third kappa shape index (κ3) is 3.70. The number of thiophene rings is 1. The smallest absolute Gasteiger partial charge is 0.257 e. The molecule has 5 rings (SSSR count). The number of piperidine rings is 1. The molecule has 5 heterocycles. The van der Waals surface area contributed by atoms with E-state index in [1.54, 1.807) is 16.0 Å². The number of aromatic nitrogens is 5. The van der Waals surface area contributed by atoms with E-state index < -0.39 is 0 Å². The lowest BCUT2D eigenvalue weighted by molar-refractivity contribution is 0.0711. The minimum Gasteiger partial charge on any atom is -0.338 e. The second kappa shape index (κ2) is 8.25. The molecule has 0 bridgehead atoms. The molecule has 154 valence electrons. The topological polar surface area (TPSA) is 80.9 Å². The van der Waals surface area contributed by atoms with Crippen LogP contribution in [-0.4, -0.2) is 55.0 Å². The number of aryl methyl sites for hydroxylation is 1. The fourth-order valence-corrected chi connectivity index (χ4v) is 4.89. The number of hydrogen-bond donors (Lipinski definition) is 1. The maximum Gasteiger partial charge on any atom is 0.257 e. The zero-order valence-corrected chi connectivity index (χ0v) is 17.9. The first kappa shape index (κ1) is 20.1. The van der Waals surface area contributed by atoms with Crippen LogP contribution in [0.25, 0.3) is 10.6 Å². The summed E-state index contributed by atoms with van der Waals surface area (Å²) >= 11 is 1.61. The SMILES string of the molecule is Cl.Cn1cc(C(=O)N2CCC(c3nnc4n3CCNC4)CC2)c(-c2cccs2)n1. The van der Waals surface area contributed by atoms with Gasteiger partial charge in [-0.1, -0.05) is 6.07 Å². The summed E-state index contributed by atoms with van der Waals surface area (Å²) in [4.78, 5) is 16.2. The molecule has 2 aliphatic heterocycles. The van der Waals surface area contributed by atoms with Crippen molar-refractivity contribution < 1.29 is 4.79 Å². The van der Waals surface area contributed by atoms with Crippen LogP contribution in [0.3, 0.4) is 0 Å². The van der Waals surface area contributed by atoms with Gasteiger partial charge in [0.25, 0.3) is 5.91 Å². The first-order valence-corrected chi connectivity index (χ1v) is 10.6. The van der Waals surface area contributed by atoms with Crippen LogP contribution in [0.15, 0.2) is 23.7 Å². The fourth-order valence-electron chi connectivity index (χ4n) is 4.17. The van der Waals surface area contributed by atoms with E-state index >= 15 is 0 Å². The van der Waals surface area contributed by atoms with Gasteiger partial charge < -0.3 is 14.8 Å². The Balaban J connectivity index is 0.00000205. The van der Waals surface area contributed by atoms with Crippen molar-refractivity contribution in [3.8, 4) is 10.6 Å². The summed E-state index contributed by atoms with van der Waals surface area (Å²) in [7, 11) is 1.86. The van der Waals surface area contributed by atoms with E-state index in [0.717, 1.165) is 67.8 Å². The number of fused-ring (bicyclic) bond motifs is 1. The number of carbonyl (C=O) groups is 1. The Kier molecular flexibility index (Phi) is 5.71. The number of likely N-dealkylation sites (tertiary alicyclic amines) is 1. The molecule has 10 heteroatoms. The van der Waals surface area contributed by atoms with Crippen LogP contribution in [0.4, 0.5) is 0 Å². The van der Waals surface area contributed by atoms with Crippen LogP contribution in [-0.2, 0) is 20.1 Å². The molecule has 29 heavy (non-hydrogen) atoms. The summed E-state index contributed by atoms with van der Waals surface area (Å²) in [5, 5.41) is 18.7. The highest BCUT2D eigenvalue weighted by atomic mass is 35.5. The third-order valence-electron chi connectivity index (χ3n) is 5.61. The first-order chi connectivity index (χ1) is 13.7. The van der Waals surface area contributed by atoms with Crippen LogP contribution in [0.1, 0.15) is 40.8 Å². The van der Waals surface area contributed by atoms with E-state index in [4.69, 9.17) is 0 Å². The molecule has 3 aromatic rings. The summed E-state index contributed by atoms with van der Waals surface area (Å²) < 4.78 is 3.99. The normalized spacial score (nSPS) is 17.1. The van der Waals surface area contributed by atoms with Gasteiger partial charge in [0, 0.05) is 45.3 Å². The highest BCUT2D eigenvalue weighted by Crippen LogP contribution is 2.31. The summed E-state index contributed by atoms with van der Waals surface area (Å²) in [6.07, 6.45) is 3.68. The summed E-state index contributed by atoms with van der Waals surface area (Å²) in [6, 6.07) is 4.00. The average molecular weight is 434 g/mol. The lowest BCUT2D eigenvalue weighted by atomic mass is 9.95. The van der Waals surface area contributed by atoms with Gasteiger partial charge in [-0.2, -0.15) is 5.10 Å². The molecular formula is C19H24ClN7OS. The molecular weight excluding hydrogens is 410 g/mol. The molecule has 2 aliphatic rings. The van der Waals surface area contributed by atoms with Gasteiger partial charge in [-0.25, -0.2) is 0 Å². The Labute approximate surface area is 179 Å². The Morgan fingerprint density at radius 3 is 2.83 bits per heavy atom. The number of rotatable bonds is 3. The van der Waals surface area contributed by atoms with Gasteiger partial charge in [-0.15, -0.1) is 33.9 Å². The zero-order chi connectivity index (χ0) is 19.1. The van der Waals surface area contributed by atoms with Crippen molar-refractivity contribution in [2.24, 2.45) is 7.05 Å². The minimum atomic E-state index is 0. The van der Waals surface area contributed by atoms with Gasteiger partial charge >= 0.3 is 0 Å². The van der Waals surface area contributed by atoms with E-state index in [0.29, 0.717) is 11.5 Å². The highest BCUT2D eigenvalue weighted by Gasteiger charge is 2.30. The van der Waals surface area contributed by atoms with Crippen LogP contribution >= 0.6 is 23.7 Å². The Morgan fingerprint density at radius 1 is 1.24 bits per heavy atom. The molecule has 0 aliphatic carbocycles. The lowest BCUT2D eigenvalue weighted by Gasteiger charge is -2.32. The third-order valence-corrected chi connectivity index (χ3v) is 6.49. The van der Waals surface area contributed by atoms with Gasteiger partial charge in [0.15, 0.2) is 0 Å². The van der Waals surface area contributed by atoms with Gasteiger partial charge in [-0.3, -0.25) is 9.48 Å². The average Bonchev–Trinajstić information content (AvgIpc) is 3.46. The van der Waals surface area contributed by atoms with Crippen molar-refractivity contribution in [3.05, 3.63) is 40.9 Å². The van der Waals surface area contributed by atoms with Crippen molar-refractivity contribution in [2.75, 3.05) is 19.6 Å². The standard InChI is InChI=1S/C19H23N7OS.ClH/c1-24-12-14(17(23-24)15-3-2-10-28-15)19(27)25-7-4-13(5-8-25)18-22-21-16-11-20-6-9-26(16)18;/h2-3,10,12-13,20H,4-9,11H2,1H3;1H. The Bertz CT molecular complexity index is 989. The van der Waals surface area contributed by atoms with Crippen molar-refractivity contribution in [1.82, 2.24) is 34.8 Å². The van der Waals surface area contributed by atoms with E-state index in [9.17, 15) is 4.79 Å². The highest BCUT2D eigenvalue weighted by molar-refractivity contribution is 7.13. The number of amides is 1. The minimum absolute atomic E-state index is 0. The maximum absolute atomic E-state index is 13.2. The molecule has 8 nitrogen and oxygen atoms in total. The number of halogens is 1. The quantitative estimate of drug-likeness (QED) is 0.685. The van der Waals surface area contributed by atoms with Crippen molar-refractivity contribution in [2.45, 2.75) is 31.8 Å². The molecule has 0 atom stereocenters. The van der Waals surface area contributed by atoms with Crippen LogP contribution in [0, 0.1) is 0 Å². The lowest BCUT2D eigenvalue weighted by Crippen LogP contribution is -2.39. The van der Waals surface area contributed by atoms with Crippen molar-refractivity contribution in [3.63, 3.8) is 0 Å². The molecule has 0 spiro atoms. The molecule has 1 saturated heterocycles. The van der Waals surface area contributed by atoms with E-state index in [2.05, 4.69) is 25.2 Å². The van der Waals surface area contributed by atoms with Crippen LogP contribution in [0.2, 0.25) is 0 Å². The largest absolute Gasteiger partial charge is 0.338 e.